The fraction of sp³-hybridized carbons (Fsp3) is 0.357. The van der Waals surface area contributed by atoms with Crippen LogP contribution >= 0.6 is 22.9 Å². The van der Waals surface area contributed by atoms with Crippen LogP contribution < -0.4 is 4.74 Å². The molecule has 1 aromatic heterocycles. The molecule has 2 heterocycles. The second-order valence-corrected chi connectivity index (χ2v) is 10.8. The molecule has 1 aliphatic heterocycles. The number of fused-ring (bicyclic) bond motifs is 1. The number of thiophene rings is 1. The van der Waals surface area contributed by atoms with Gasteiger partial charge in [-0.25, -0.2) is 0 Å². The molecule has 2 aromatic carbocycles. The van der Waals surface area contributed by atoms with Crippen molar-refractivity contribution in [2.45, 2.75) is 32.2 Å². The van der Waals surface area contributed by atoms with Crippen LogP contribution in [0, 0.1) is 12.8 Å². The van der Waals surface area contributed by atoms with Gasteiger partial charge in [-0.2, -0.15) is 0 Å². The summed E-state index contributed by atoms with van der Waals surface area (Å²) in [4.78, 5) is 32.1. The van der Waals surface area contributed by atoms with E-state index in [9.17, 15) is 9.59 Å². The monoisotopic (exact) mass is 508 g/mol. The quantitative estimate of drug-likeness (QED) is 0.388. The van der Waals surface area contributed by atoms with Gasteiger partial charge in [-0.3, -0.25) is 9.59 Å². The topological polar surface area (TPSA) is 49.9 Å². The van der Waals surface area contributed by atoms with Crippen molar-refractivity contribution in [1.82, 2.24) is 9.80 Å². The van der Waals surface area contributed by atoms with E-state index >= 15 is 0 Å². The molecule has 35 heavy (non-hydrogen) atoms. The fourth-order valence-electron chi connectivity index (χ4n) is 4.65. The number of halogens is 1. The zero-order valence-electron chi connectivity index (χ0n) is 19.8. The summed E-state index contributed by atoms with van der Waals surface area (Å²) in [6, 6.07) is 16.8. The Labute approximate surface area is 215 Å². The second-order valence-electron chi connectivity index (χ2n) is 9.36. The second kappa shape index (κ2) is 10.4. The van der Waals surface area contributed by atoms with Crippen molar-refractivity contribution in [3.8, 4) is 5.75 Å². The van der Waals surface area contributed by atoms with Crippen LogP contribution in [0.2, 0.25) is 5.02 Å². The summed E-state index contributed by atoms with van der Waals surface area (Å²) in [6.07, 6.45) is 3.06. The summed E-state index contributed by atoms with van der Waals surface area (Å²) in [6.45, 7) is 3.63. The Hall–Kier alpha value is -2.83. The van der Waals surface area contributed by atoms with Crippen molar-refractivity contribution in [1.29, 1.82) is 0 Å². The van der Waals surface area contributed by atoms with Gasteiger partial charge in [-0.15, -0.1) is 11.3 Å². The van der Waals surface area contributed by atoms with E-state index < -0.39 is 0 Å². The summed E-state index contributed by atoms with van der Waals surface area (Å²) in [7, 11) is 0. The maximum Gasteiger partial charge on any atom is 0.254 e. The lowest BCUT2D eigenvalue weighted by atomic mass is 10.00. The van der Waals surface area contributed by atoms with E-state index in [0.29, 0.717) is 41.9 Å². The standard InChI is InChI=1S/C28H29ClN2O3S/c1-19-4-2-3-5-23(19)28(33)30(16-20-6-7-20)17-27(32)31-14-12-26-24(13-15-35-26)25(31)18-34-22-10-8-21(29)9-11-22/h2-5,8-11,13,15,20,25H,6-7,12,14,16-18H2,1H3/t25-/m0/s1. The van der Waals surface area contributed by atoms with Crippen molar-refractivity contribution >= 4 is 34.8 Å². The van der Waals surface area contributed by atoms with E-state index in [4.69, 9.17) is 16.3 Å². The molecule has 7 heteroatoms. The molecule has 1 saturated carbocycles. The Bertz CT molecular complexity index is 1200. The molecule has 2 amide bonds. The van der Waals surface area contributed by atoms with Gasteiger partial charge in [0.2, 0.25) is 5.91 Å². The highest BCUT2D eigenvalue weighted by atomic mass is 35.5. The van der Waals surface area contributed by atoms with Gasteiger partial charge in [0.15, 0.2) is 0 Å². The van der Waals surface area contributed by atoms with Crippen LogP contribution in [0.1, 0.15) is 45.2 Å². The number of rotatable bonds is 8. The number of aryl methyl sites for hydroxylation is 1. The van der Waals surface area contributed by atoms with Gasteiger partial charge in [0.25, 0.3) is 5.91 Å². The normalized spacial score (nSPS) is 17.1. The Kier molecular flexibility index (Phi) is 7.12. The van der Waals surface area contributed by atoms with Crippen LogP contribution in [-0.2, 0) is 11.2 Å². The Morgan fingerprint density at radius 1 is 1.11 bits per heavy atom. The van der Waals surface area contributed by atoms with Gasteiger partial charge in [0, 0.05) is 28.6 Å². The summed E-state index contributed by atoms with van der Waals surface area (Å²) in [5.41, 5.74) is 2.74. The zero-order chi connectivity index (χ0) is 24.4. The van der Waals surface area contributed by atoms with Crippen molar-refractivity contribution in [2.75, 3.05) is 26.2 Å². The minimum absolute atomic E-state index is 0.0332. The summed E-state index contributed by atoms with van der Waals surface area (Å²) < 4.78 is 6.09. The number of hydrogen-bond acceptors (Lipinski definition) is 4. The highest BCUT2D eigenvalue weighted by molar-refractivity contribution is 7.10. The first-order valence-corrected chi connectivity index (χ1v) is 13.3. The van der Waals surface area contributed by atoms with Crippen LogP contribution in [0.5, 0.6) is 5.75 Å². The molecule has 0 saturated heterocycles. The summed E-state index contributed by atoms with van der Waals surface area (Å²) >= 11 is 7.73. The van der Waals surface area contributed by atoms with Gasteiger partial charge in [0.05, 0.1) is 6.04 Å². The molecule has 0 bridgehead atoms. The Balaban J connectivity index is 1.34. The van der Waals surface area contributed by atoms with Gasteiger partial charge in [-0.05, 0) is 85.0 Å². The van der Waals surface area contributed by atoms with Crippen LogP contribution in [-0.4, -0.2) is 47.9 Å². The minimum Gasteiger partial charge on any atom is -0.491 e. The molecule has 3 aromatic rings. The van der Waals surface area contributed by atoms with Crippen molar-refractivity contribution in [2.24, 2.45) is 5.92 Å². The van der Waals surface area contributed by atoms with Crippen LogP contribution in [0.15, 0.2) is 60.0 Å². The van der Waals surface area contributed by atoms with Gasteiger partial charge >= 0.3 is 0 Å². The van der Waals surface area contributed by atoms with Gasteiger partial charge in [0.1, 0.15) is 18.9 Å². The zero-order valence-corrected chi connectivity index (χ0v) is 21.4. The van der Waals surface area contributed by atoms with E-state index in [-0.39, 0.29) is 24.4 Å². The van der Waals surface area contributed by atoms with Crippen molar-refractivity contribution in [3.63, 3.8) is 0 Å². The Morgan fingerprint density at radius 3 is 2.63 bits per heavy atom. The molecule has 1 atom stereocenters. The average molecular weight is 509 g/mol. The van der Waals surface area contributed by atoms with Crippen LogP contribution in [0.25, 0.3) is 0 Å². The number of hydrogen-bond donors (Lipinski definition) is 0. The molecular formula is C28H29ClN2O3S. The molecule has 0 unspecified atom stereocenters. The lowest BCUT2D eigenvalue weighted by Gasteiger charge is -2.37. The predicted molar refractivity (Wildman–Crippen MR) is 139 cm³/mol. The molecule has 182 valence electrons. The van der Waals surface area contributed by atoms with E-state index in [1.807, 2.05) is 48.2 Å². The number of amides is 2. The van der Waals surface area contributed by atoms with Gasteiger partial charge < -0.3 is 14.5 Å². The fourth-order valence-corrected chi connectivity index (χ4v) is 5.70. The van der Waals surface area contributed by atoms with E-state index in [1.165, 1.54) is 4.88 Å². The predicted octanol–water partition coefficient (Wildman–Crippen LogP) is 5.77. The molecular weight excluding hydrogens is 480 g/mol. The highest BCUT2D eigenvalue weighted by Gasteiger charge is 2.35. The molecule has 5 rings (SSSR count). The smallest absolute Gasteiger partial charge is 0.254 e. The third-order valence-corrected chi connectivity index (χ3v) is 8.05. The molecule has 0 N–H and O–H groups in total. The van der Waals surface area contributed by atoms with Crippen LogP contribution in [0.3, 0.4) is 0 Å². The first kappa shape index (κ1) is 23.9. The van der Waals surface area contributed by atoms with E-state index in [2.05, 4.69) is 11.4 Å². The molecule has 0 spiro atoms. The number of carbonyl (C=O) groups is 2. The average Bonchev–Trinajstić information content (AvgIpc) is 3.55. The molecule has 1 fully saturated rings. The number of benzene rings is 2. The van der Waals surface area contributed by atoms with Crippen LogP contribution in [0.4, 0.5) is 0 Å². The van der Waals surface area contributed by atoms with E-state index in [1.54, 1.807) is 28.4 Å². The van der Waals surface area contributed by atoms with Crippen molar-refractivity contribution in [3.05, 3.63) is 86.6 Å². The Morgan fingerprint density at radius 2 is 1.89 bits per heavy atom. The molecule has 1 aliphatic carbocycles. The molecule has 0 radical (unpaired) electrons. The molecule has 5 nitrogen and oxygen atoms in total. The number of carbonyl (C=O) groups excluding carboxylic acids is 2. The summed E-state index contributed by atoms with van der Waals surface area (Å²) in [5, 5.41) is 2.73. The largest absolute Gasteiger partial charge is 0.491 e. The minimum atomic E-state index is -0.190. The third kappa shape index (κ3) is 5.54. The molecule has 2 aliphatic rings. The lowest BCUT2D eigenvalue weighted by molar-refractivity contribution is -0.135. The maximum atomic E-state index is 13.7. The van der Waals surface area contributed by atoms with E-state index in [0.717, 1.165) is 30.4 Å². The SMILES string of the molecule is Cc1ccccc1C(=O)N(CC(=O)N1CCc2sccc2[C@@H]1COc1ccc(Cl)cc1)CC1CC1. The maximum absolute atomic E-state index is 13.7. The van der Waals surface area contributed by atoms with Gasteiger partial charge in [-0.1, -0.05) is 29.8 Å². The summed E-state index contributed by atoms with van der Waals surface area (Å²) in [5.74, 6) is 1.11. The highest BCUT2D eigenvalue weighted by Crippen LogP contribution is 2.35. The first-order valence-electron chi connectivity index (χ1n) is 12.1. The number of ether oxygens (including phenoxy) is 1. The lowest BCUT2D eigenvalue weighted by Crippen LogP contribution is -2.48. The van der Waals surface area contributed by atoms with Crippen molar-refractivity contribution < 1.29 is 14.3 Å². The third-order valence-electron chi connectivity index (χ3n) is 6.80. The number of nitrogens with zero attached hydrogens (tertiary/aromatic N) is 2. The first-order chi connectivity index (χ1) is 17.0.